The Morgan fingerprint density at radius 1 is 1.20 bits per heavy atom. The van der Waals surface area contributed by atoms with Gasteiger partial charge in [0.15, 0.2) is 5.78 Å². The molecule has 5 heteroatoms. The zero-order chi connectivity index (χ0) is 17.5. The van der Waals surface area contributed by atoms with Gasteiger partial charge in [-0.15, -0.1) is 0 Å². The highest BCUT2D eigenvalue weighted by Crippen LogP contribution is 2.17. The van der Waals surface area contributed by atoms with Gasteiger partial charge in [-0.2, -0.15) is 0 Å². The first-order valence-corrected chi connectivity index (χ1v) is 9.52. The zero-order valence-electron chi connectivity index (χ0n) is 15.3. The Kier molecular flexibility index (Phi) is 6.84. The molecular formula is C20H30N2O3. The van der Waals surface area contributed by atoms with E-state index in [1.165, 1.54) is 19.4 Å². The zero-order valence-corrected chi connectivity index (χ0v) is 15.3. The number of carbonyl (C=O) groups is 1. The third-order valence-corrected chi connectivity index (χ3v) is 5.20. The first kappa shape index (κ1) is 18.4. The van der Waals surface area contributed by atoms with Crippen LogP contribution in [0.1, 0.15) is 36.5 Å². The Labute approximate surface area is 150 Å². The maximum absolute atomic E-state index is 12.3. The Morgan fingerprint density at radius 3 is 2.64 bits per heavy atom. The topological polar surface area (TPSA) is 42.0 Å². The van der Waals surface area contributed by atoms with Crippen molar-refractivity contribution in [2.75, 3.05) is 52.5 Å². The third kappa shape index (κ3) is 5.53. The number of ketones is 1. The fourth-order valence-corrected chi connectivity index (χ4v) is 3.57. The van der Waals surface area contributed by atoms with Crippen molar-refractivity contribution in [1.82, 2.24) is 9.80 Å². The second-order valence-corrected chi connectivity index (χ2v) is 7.07. The standard InChI is InChI=1S/C20H30N2O3/c1-17-4-2-9-22(17)10-3-13-25-19-7-5-18(6-8-19)20(23)16-21-11-14-24-15-12-21/h5-8,17H,2-4,9-16H2,1H3/t17-/m0/s1. The number of rotatable bonds is 8. The maximum atomic E-state index is 12.3. The summed E-state index contributed by atoms with van der Waals surface area (Å²) in [5.41, 5.74) is 0.754. The van der Waals surface area contributed by atoms with Crippen LogP contribution in [-0.2, 0) is 4.74 Å². The number of likely N-dealkylation sites (tertiary alicyclic amines) is 1. The van der Waals surface area contributed by atoms with Crippen molar-refractivity contribution < 1.29 is 14.3 Å². The minimum atomic E-state index is 0.163. The van der Waals surface area contributed by atoms with Crippen molar-refractivity contribution in [3.8, 4) is 5.75 Å². The number of benzene rings is 1. The largest absolute Gasteiger partial charge is 0.494 e. The van der Waals surface area contributed by atoms with E-state index in [1.54, 1.807) is 0 Å². The van der Waals surface area contributed by atoms with Gasteiger partial charge in [0, 0.05) is 31.2 Å². The molecule has 0 spiro atoms. The van der Waals surface area contributed by atoms with Gasteiger partial charge in [-0.3, -0.25) is 9.69 Å². The Hall–Kier alpha value is -1.43. The van der Waals surface area contributed by atoms with Crippen molar-refractivity contribution >= 4 is 5.78 Å². The summed E-state index contributed by atoms with van der Waals surface area (Å²) >= 11 is 0. The number of hydrogen-bond donors (Lipinski definition) is 0. The first-order chi connectivity index (χ1) is 12.2. The van der Waals surface area contributed by atoms with Crippen LogP contribution >= 0.6 is 0 Å². The van der Waals surface area contributed by atoms with Crippen molar-refractivity contribution in [3.63, 3.8) is 0 Å². The van der Waals surface area contributed by atoms with E-state index in [2.05, 4.69) is 16.7 Å². The molecule has 2 aliphatic heterocycles. The molecular weight excluding hydrogens is 316 g/mol. The van der Waals surface area contributed by atoms with Crippen molar-refractivity contribution in [1.29, 1.82) is 0 Å². The molecule has 0 aliphatic carbocycles. The normalized spacial score (nSPS) is 22.2. The molecule has 138 valence electrons. The SMILES string of the molecule is C[C@H]1CCCN1CCCOc1ccc(C(=O)CN2CCOCC2)cc1. The minimum absolute atomic E-state index is 0.163. The second-order valence-electron chi connectivity index (χ2n) is 7.07. The van der Waals surface area contributed by atoms with Gasteiger partial charge in [-0.05, 0) is 57.0 Å². The van der Waals surface area contributed by atoms with Crippen LogP contribution in [-0.4, -0.2) is 74.2 Å². The summed E-state index contributed by atoms with van der Waals surface area (Å²) in [4.78, 5) is 17.0. The quantitative estimate of drug-likeness (QED) is 0.534. The number of morpholine rings is 1. The molecule has 1 aromatic carbocycles. The number of Topliss-reactive ketones (excluding diaryl/α,β-unsaturated/α-hetero) is 1. The molecule has 2 fully saturated rings. The van der Waals surface area contributed by atoms with Crippen LogP contribution in [0, 0.1) is 0 Å². The van der Waals surface area contributed by atoms with Crippen LogP contribution < -0.4 is 4.74 Å². The molecule has 0 radical (unpaired) electrons. The Bertz CT molecular complexity index is 540. The third-order valence-electron chi connectivity index (χ3n) is 5.20. The molecule has 3 rings (SSSR count). The van der Waals surface area contributed by atoms with Crippen LogP contribution in [0.4, 0.5) is 0 Å². The molecule has 0 amide bonds. The van der Waals surface area contributed by atoms with Gasteiger partial charge in [-0.25, -0.2) is 0 Å². The molecule has 2 heterocycles. The molecule has 5 nitrogen and oxygen atoms in total. The summed E-state index contributed by atoms with van der Waals surface area (Å²) in [5, 5.41) is 0. The summed E-state index contributed by atoms with van der Waals surface area (Å²) in [6, 6.07) is 8.29. The number of ether oxygens (including phenoxy) is 2. The lowest BCUT2D eigenvalue weighted by atomic mass is 10.1. The Morgan fingerprint density at radius 2 is 1.96 bits per heavy atom. The molecule has 0 bridgehead atoms. The fraction of sp³-hybridized carbons (Fsp3) is 0.650. The van der Waals surface area contributed by atoms with Gasteiger partial charge in [-0.1, -0.05) is 0 Å². The lowest BCUT2D eigenvalue weighted by Crippen LogP contribution is -2.39. The van der Waals surface area contributed by atoms with E-state index >= 15 is 0 Å². The van der Waals surface area contributed by atoms with E-state index in [-0.39, 0.29) is 5.78 Å². The average molecular weight is 346 g/mol. The van der Waals surface area contributed by atoms with Crippen LogP contribution in [0.15, 0.2) is 24.3 Å². The summed E-state index contributed by atoms with van der Waals surface area (Å²) in [6.07, 6.45) is 3.69. The van der Waals surface area contributed by atoms with Crippen LogP contribution in [0.3, 0.4) is 0 Å². The van der Waals surface area contributed by atoms with Crippen LogP contribution in [0.2, 0.25) is 0 Å². The number of carbonyl (C=O) groups excluding carboxylic acids is 1. The fourth-order valence-electron chi connectivity index (χ4n) is 3.57. The van der Waals surface area contributed by atoms with E-state index in [9.17, 15) is 4.79 Å². The van der Waals surface area contributed by atoms with Gasteiger partial charge < -0.3 is 14.4 Å². The van der Waals surface area contributed by atoms with Crippen molar-refractivity contribution in [2.45, 2.75) is 32.2 Å². The van der Waals surface area contributed by atoms with E-state index in [0.717, 1.165) is 63.2 Å². The van der Waals surface area contributed by atoms with E-state index in [1.807, 2.05) is 24.3 Å². The average Bonchev–Trinajstić information content (AvgIpc) is 3.05. The molecule has 2 aliphatic rings. The molecule has 0 N–H and O–H groups in total. The van der Waals surface area contributed by atoms with Crippen LogP contribution in [0.25, 0.3) is 0 Å². The molecule has 1 aromatic rings. The monoisotopic (exact) mass is 346 g/mol. The lowest BCUT2D eigenvalue weighted by Gasteiger charge is -2.25. The van der Waals surface area contributed by atoms with Crippen molar-refractivity contribution in [3.05, 3.63) is 29.8 Å². The van der Waals surface area contributed by atoms with Crippen molar-refractivity contribution in [2.24, 2.45) is 0 Å². The van der Waals surface area contributed by atoms with Gasteiger partial charge in [0.2, 0.25) is 0 Å². The minimum Gasteiger partial charge on any atom is -0.494 e. The predicted octanol–water partition coefficient (Wildman–Crippen LogP) is 2.45. The highest BCUT2D eigenvalue weighted by molar-refractivity contribution is 5.97. The number of hydrogen-bond acceptors (Lipinski definition) is 5. The van der Waals surface area contributed by atoms with Gasteiger partial charge in [0.1, 0.15) is 5.75 Å². The molecule has 25 heavy (non-hydrogen) atoms. The van der Waals surface area contributed by atoms with E-state index < -0.39 is 0 Å². The van der Waals surface area contributed by atoms with E-state index in [0.29, 0.717) is 6.54 Å². The van der Waals surface area contributed by atoms with Gasteiger partial charge >= 0.3 is 0 Å². The van der Waals surface area contributed by atoms with E-state index in [4.69, 9.17) is 9.47 Å². The molecule has 0 aromatic heterocycles. The molecule has 2 saturated heterocycles. The second kappa shape index (κ2) is 9.32. The lowest BCUT2D eigenvalue weighted by molar-refractivity contribution is 0.0371. The summed E-state index contributed by atoms with van der Waals surface area (Å²) < 4.78 is 11.1. The number of nitrogens with zero attached hydrogens (tertiary/aromatic N) is 2. The maximum Gasteiger partial charge on any atom is 0.176 e. The summed E-state index contributed by atoms with van der Waals surface area (Å²) in [6.45, 7) is 8.94. The molecule has 0 unspecified atom stereocenters. The first-order valence-electron chi connectivity index (χ1n) is 9.52. The highest BCUT2D eigenvalue weighted by atomic mass is 16.5. The molecule has 0 saturated carbocycles. The highest BCUT2D eigenvalue weighted by Gasteiger charge is 2.19. The predicted molar refractivity (Wildman–Crippen MR) is 98.4 cm³/mol. The Balaban J connectivity index is 1.38. The molecule has 1 atom stereocenters. The van der Waals surface area contributed by atoms with Crippen LogP contribution in [0.5, 0.6) is 5.75 Å². The van der Waals surface area contributed by atoms with Gasteiger partial charge in [0.05, 0.1) is 26.4 Å². The summed E-state index contributed by atoms with van der Waals surface area (Å²) in [7, 11) is 0. The van der Waals surface area contributed by atoms with Gasteiger partial charge in [0.25, 0.3) is 0 Å². The summed E-state index contributed by atoms with van der Waals surface area (Å²) in [5.74, 6) is 1.01. The smallest absolute Gasteiger partial charge is 0.176 e.